The summed E-state index contributed by atoms with van der Waals surface area (Å²) in [4.78, 5) is 14.6. The number of benzene rings is 1. The molecule has 1 heterocycles. The largest absolute Gasteiger partial charge is 0.464 e. The van der Waals surface area contributed by atoms with Gasteiger partial charge in [-0.3, -0.25) is 0 Å². The number of aryl methyl sites for hydroxylation is 1. The average molecular weight is 264 g/mol. The van der Waals surface area contributed by atoms with E-state index in [2.05, 4.69) is 9.72 Å². The Morgan fingerprint density at radius 2 is 2.16 bits per heavy atom. The summed E-state index contributed by atoms with van der Waals surface area (Å²) in [6.07, 6.45) is -1.86. The maximum Gasteiger partial charge on any atom is 0.342 e. The molecule has 2 rings (SSSR count). The van der Waals surface area contributed by atoms with Crippen LogP contribution in [0.5, 0.6) is 0 Å². The Hall–Kier alpha value is -1.88. The van der Waals surface area contributed by atoms with Crippen LogP contribution in [0.25, 0.3) is 10.9 Å². The van der Waals surface area contributed by atoms with E-state index in [9.17, 15) is 9.18 Å². The topological polar surface area (TPSA) is 68.1 Å². The summed E-state index contributed by atoms with van der Waals surface area (Å²) in [7, 11) is 0. The van der Waals surface area contributed by atoms with Crippen LogP contribution in [-0.2, 0) is 9.53 Å². The second kappa shape index (κ2) is 5.40. The first-order valence-electron chi connectivity index (χ1n) is 6.19. The van der Waals surface area contributed by atoms with Gasteiger partial charge in [0.1, 0.15) is 0 Å². The van der Waals surface area contributed by atoms with Gasteiger partial charge in [0, 0.05) is 22.2 Å². The Morgan fingerprint density at radius 3 is 2.84 bits per heavy atom. The third-order valence-corrected chi connectivity index (χ3v) is 3.10. The van der Waals surface area contributed by atoms with Gasteiger partial charge in [0.15, 0.2) is 0 Å². The molecule has 0 fully saturated rings. The van der Waals surface area contributed by atoms with E-state index in [1.165, 1.54) is 0 Å². The lowest BCUT2D eigenvalue weighted by atomic mass is 10.00. The maximum absolute atomic E-state index is 14.0. The van der Waals surface area contributed by atoms with E-state index in [4.69, 9.17) is 5.73 Å². The molecule has 0 aliphatic rings. The number of hydrogen-bond donors (Lipinski definition) is 2. The zero-order chi connectivity index (χ0) is 14.0. The van der Waals surface area contributed by atoms with Gasteiger partial charge in [-0.25, -0.2) is 9.18 Å². The van der Waals surface area contributed by atoms with Gasteiger partial charge in [0.2, 0.25) is 6.17 Å². The Bertz CT molecular complexity index is 594. The first kappa shape index (κ1) is 13.5. The highest BCUT2D eigenvalue weighted by Gasteiger charge is 2.30. The monoisotopic (exact) mass is 264 g/mol. The van der Waals surface area contributed by atoms with Crippen LogP contribution in [0.1, 0.15) is 24.2 Å². The molecule has 0 saturated heterocycles. The molecule has 2 aromatic rings. The van der Waals surface area contributed by atoms with Crippen molar-refractivity contribution < 1.29 is 13.9 Å². The zero-order valence-corrected chi connectivity index (χ0v) is 10.9. The fourth-order valence-electron chi connectivity index (χ4n) is 2.24. The number of fused-ring (bicyclic) bond motifs is 1. The van der Waals surface area contributed by atoms with Crippen molar-refractivity contribution in [1.29, 1.82) is 0 Å². The molecule has 0 amide bonds. The van der Waals surface area contributed by atoms with E-state index in [-0.39, 0.29) is 6.61 Å². The van der Waals surface area contributed by atoms with Gasteiger partial charge in [-0.15, -0.1) is 0 Å². The van der Waals surface area contributed by atoms with E-state index in [0.29, 0.717) is 5.56 Å². The highest BCUT2D eigenvalue weighted by molar-refractivity contribution is 5.86. The van der Waals surface area contributed by atoms with E-state index >= 15 is 0 Å². The second-order valence-electron chi connectivity index (χ2n) is 4.39. The molecule has 1 aromatic heterocycles. The van der Waals surface area contributed by atoms with Crippen molar-refractivity contribution in [3.8, 4) is 0 Å². The van der Waals surface area contributed by atoms with Crippen molar-refractivity contribution in [2.75, 3.05) is 6.61 Å². The predicted octanol–water partition coefficient (Wildman–Crippen LogP) is 2.38. The fraction of sp³-hybridized carbons (Fsp3) is 0.357. The van der Waals surface area contributed by atoms with Crippen molar-refractivity contribution in [2.24, 2.45) is 5.73 Å². The van der Waals surface area contributed by atoms with Gasteiger partial charge >= 0.3 is 5.97 Å². The van der Waals surface area contributed by atoms with Gasteiger partial charge in [0.25, 0.3) is 0 Å². The molecule has 1 aromatic carbocycles. The van der Waals surface area contributed by atoms with Crippen molar-refractivity contribution in [2.45, 2.75) is 26.1 Å². The van der Waals surface area contributed by atoms with Crippen LogP contribution in [-0.4, -0.2) is 23.7 Å². The van der Waals surface area contributed by atoms with E-state index in [0.717, 1.165) is 16.6 Å². The number of aromatic nitrogens is 1. The van der Waals surface area contributed by atoms with Gasteiger partial charge in [-0.2, -0.15) is 0 Å². The minimum Gasteiger partial charge on any atom is -0.464 e. The molecular weight excluding hydrogens is 247 g/mol. The first-order chi connectivity index (χ1) is 9.06. The van der Waals surface area contributed by atoms with Gasteiger partial charge < -0.3 is 15.5 Å². The molecule has 0 bridgehead atoms. The third kappa shape index (κ3) is 2.46. The van der Waals surface area contributed by atoms with Gasteiger partial charge in [-0.1, -0.05) is 18.2 Å². The number of nitrogens with one attached hydrogen (secondary N) is 1. The SMILES string of the molecule is CCOC(=O)C(F)[C@H](N)c1c(C)[nH]c2ccccc12. The minimum atomic E-state index is -1.86. The molecule has 2 atom stereocenters. The van der Waals surface area contributed by atoms with E-state index < -0.39 is 18.2 Å². The molecule has 4 nitrogen and oxygen atoms in total. The van der Waals surface area contributed by atoms with Crippen LogP contribution in [0.3, 0.4) is 0 Å². The fourth-order valence-corrected chi connectivity index (χ4v) is 2.24. The highest BCUT2D eigenvalue weighted by atomic mass is 19.1. The van der Waals surface area contributed by atoms with Gasteiger partial charge in [0.05, 0.1) is 12.6 Å². The summed E-state index contributed by atoms with van der Waals surface area (Å²) in [6, 6.07) is 6.44. The lowest BCUT2D eigenvalue weighted by molar-refractivity contribution is -0.149. The molecule has 3 N–H and O–H groups in total. The number of aromatic amines is 1. The first-order valence-corrected chi connectivity index (χ1v) is 6.19. The molecule has 0 radical (unpaired) electrons. The van der Waals surface area contributed by atoms with Crippen LogP contribution in [0.15, 0.2) is 24.3 Å². The molecule has 0 saturated carbocycles. The second-order valence-corrected chi connectivity index (χ2v) is 4.39. The number of nitrogens with two attached hydrogens (primary N) is 1. The molecule has 0 aliphatic heterocycles. The number of carbonyl (C=O) groups excluding carboxylic acids is 1. The van der Waals surface area contributed by atoms with Crippen LogP contribution in [0.2, 0.25) is 0 Å². The molecule has 0 spiro atoms. The quantitative estimate of drug-likeness (QED) is 0.833. The lowest BCUT2D eigenvalue weighted by Crippen LogP contribution is -2.31. The molecule has 19 heavy (non-hydrogen) atoms. The molecular formula is C14H17FN2O2. The number of H-pyrrole nitrogens is 1. The van der Waals surface area contributed by atoms with Gasteiger partial charge in [-0.05, 0) is 19.9 Å². The van der Waals surface area contributed by atoms with Crippen molar-refractivity contribution >= 4 is 16.9 Å². The van der Waals surface area contributed by atoms with Crippen LogP contribution >= 0.6 is 0 Å². The Morgan fingerprint density at radius 1 is 1.47 bits per heavy atom. The smallest absolute Gasteiger partial charge is 0.342 e. The number of hydrogen-bond acceptors (Lipinski definition) is 3. The number of alkyl halides is 1. The predicted molar refractivity (Wildman–Crippen MR) is 71.5 cm³/mol. The summed E-state index contributed by atoms with van der Waals surface area (Å²) in [5, 5.41) is 0.833. The van der Waals surface area contributed by atoms with Crippen molar-refractivity contribution in [3.63, 3.8) is 0 Å². The maximum atomic E-state index is 14.0. The van der Waals surface area contributed by atoms with Crippen molar-refractivity contribution in [1.82, 2.24) is 4.98 Å². The van der Waals surface area contributed by atoms with Crippen LogP contribution in [0, 0.1) is 6.92 Å². The van der Waals surface area contributed by atoms with Crippen LogP contribution in [0.4, 0.5) is 4.39 Å². The number of rotatable bonds is 4. The van der Waals surface area contributed by atoms with E-state index in [1.807, 2.05) is 31.2 Å². The Balaban J connectivity index is 2.38. The summed E-state index contributed by atoms with van der Waals surface area (Å²) in [6.45, 7) is 3.58. The molecule has 0 aliphatic carbocycles. The number of esters is 1. The number of carbonyl (C=O) groups is 1. The van der Waals surface area contributed by atoms with Crippen LogP contribution < -0.4 is 5.73 Å². The number of ether oxygens (including phenoxy) is 1. The molecule has 102 valence electrons. The summed E-state index contributed by atoms with van der Waals surface area (Å²) >= 11 is 0. The molecule has 5 heteroatoms. The average Bonchev–Trinajstić information content (AvgIpc) is 2.73. The number of para-hydroxylation sites is 1. The number of halogens is 1. The summed E-state index contributed by atoms with van der Waals surface area (Å²) in [5.74, 6) is -0.917. The standard InChI is InChI=1S/C14H17FN2O2/c1-3-19-14(18)12(15)13(16)11-8(2)17-10-7-5-4-6-9(10)11/h4-7,12-13,17H,3,16H2,1-2H3/t12?,13-/m1/s1. The van der Waals surface area contributed by atoms with Crippen molar-refractivity contribution in [3.05, 3.63) is 35.5 Å². The molecule has 1 unspecified atom stereocenters. The highest BCUT2D eigenvalue weighted by Crippen LogP contribution is 2.29. The minimum absolute atomic E-state index is 0.138. The van der Waals surface area contributed by atoms with E-state index in [1.54, 1.807) is 6.92 Å². The lowest BCUT2D eigenvalue weighted by Gasteiger charge is -2.16. The normalized spacial score (nSPS) is 14.3. The Kier molecular flexibility index (Phi) is 3.85. The third-order valence-electron chi connectivity index (χ3n) is 3.10. The Labute approximate surface area is 110 Å². The zero-order valence-electron chi connectivity index (χ0n) is 10.9. The summed E-state index contributed by atoms with van der Waals surface area (Å²) in [5.41, 5.74) is 8.15. The summed E-state index contributed by atoms with van der Waals surface area (Å²) < 4.78 is 18.7.